The van der Waals surface area contributed by atoms with Crippen LogP contribution in [0.15, 0.2) is 12.7 Å². The second-order valence-corrected chi connectivity index (χ2v) is 1.30. The van der Waals surface area contributed by atoms with Crippen LogP contribution >= 0.6 is 0 Å². The fraction of sp³-hybridized carbons (Fsp3) is 0.500. The van der Waals surface area contributed by atoms with Crippen molar-refractivity contribution in [2.24, 2.45) is 0 Å². The molecule has 1 saturated heterocycles. The fourth-order valence-corrected chi connectivity index (χ4v) is 0.144. The topological polar surface area (TPSA) is 33.0 Å². The first kappa shape index (κ1) is 7.19. The summed E-state index contributed by atoms with van der Waals surface area (Å²) in [5.41, 5.74) is 0. The fourth-order valence-electron chi connectivity index (χ4n) is 0.144. The van der Waals surface area contributed by atoms with Crippen molar-refractivity contribution in [3.05, 3.63) is 12.7 Å². The van der Waals surface area contributed by atoms with Crippen molar-refractivity contribution in [2.45, 2.75) is 6.42 Å². The van der Waals surface area contributed by atoms with Crippen LogP contribution in [0.5, 0.6) is 0 Å². The minimum atomic E-state index is 1.00. The molecule has 0 spiro atoms. The Kier molecular flexibility index (Phi) is 5.56. The SMILES string of the molecule is C1COC1.C=CC#N. The maximum atomic E-state index is 7.51. The van der Waals surface area contributed by atoms with Gasteiger partial charge in [0.25, 0.3) is 0 Å². The second-order valence-electron chi connectivity index (χ2n) is 1.30. The van der Waals surface area contributed by atoms with Crippen LogP contribution in [-0.2, 0) is 4.74 Å². The summed E-state index contributed by atoms with van der Waals surface area (Å²) < 4.78 is 4.72. The molecule has 0 saturated carbocycles. The highest BCUT2D eigenvalue weighted by Crippen LogP contribution is 1.93. The Morgan fingerprint density at radius 3 is 1.88 bits per heavy atom. The van der Waals surface area contributed by atoms with Gasteiger partial charge in [0.2, 0.25) is 0 Å². The molecule has 0 aliphatic carbocycles. The normalized spacial score (nSPS) is 13.9. The molecule has 1 aliphatic rings. The second kappa shape index (κ2) is 6.19. The van der Waals surface area contributed by atoms with Crippen LogP contribution in [0.3, 0.4) is 0 Å². The Labute approximate surface area is 49.4 Å². The number of hydrogen-bond acceptors (Lipinski definition) is 2. The number of rotatable bonds is 0. The van der Waals surface area contributed by atoms with E-state index in [0.717, 1.165) is 13.2 Å². The van der Waals surface area contributed by atoms with Crippen LogP contribution in [0.1, 0.15) is 6.42 Å². The third kappa shape index (κ3) is 5.19. The molecule has 1 rings (SSSR count). The highest BCUT2D eigenvalue weighted by Gasteiger charge is 1.94. The summed E-state index contributed by atoms with van der Waals surface area (Å²) in [7, 11) is 0. The van der Waals surface area contributed by atoms with Crippen molar-refractivity contribution in [3.8, 4) is 6.07 Å². The highest BCUT2D eigenvalue weighted by atomic mass is 16.5. The van der Waals surface area contributed by atoms with E-state index in [1.165, 1.54) is 12.5 Å². The van der Waals surface area contributed by atoms with Crippen molar-refractivity contribution >= 4 is 0 Å². The first-order valence-corrected chi connectivity index (χ1v) is 2.50. The number of hydrogen-bond donors (Lipinski definition) is 0. The standard InChI is InChI=1S/C3H3N.C3H6O/c1-2-3-4;1-2-4-3-1/h2H,1H2;1-3H2. The molecule has 0 bridgehead atoms. The lowest BCUT2D eigenvalue weighted by Gasteiger charge is -2.09. The lowest BCUT2D eigenvalue weighted by molar-refractivity contribution is 0.0367. The first-order chi connectivity index (χ1) is 3.91. The summed E-state index contributed by atoms with van der Waals surface area (Å²) in [5, 5.41) is 7.51. The van der Waals surface area contributed by atoms with Crippen LogP contribution in [-0.4, -0.2) is 13.2 Å². The van der Waals surface area contributed by atoms with Crippen LogP contribution < -0.4 is 0 Å². The van der Waals surface area contributed by atoms with E-state index in [-0.39, 0.29) is 0 Å². The molecule has 0 aromatic heterocycles. The van der Waals surface area contributed by atoms with E-state index in [1.54, 1.807) is 6.07 Å². The van der Waals surface area contributed by atoms with Crippen LogP contribution in [0.4, 0.5) is 0 Å². The molecule has 0 radical (unpaired) electrons. The molecule has 0 unspecified atom stereocenters. The average Bonchev–Trinajstić information content (AvgIpc) is 1.61. The van der Waals surface area contributed by atoms with Gasteiger partial charge in [0.15, 0.2) is 0 Å². The zero-order valence-electron chi connectivity index (χ0n) is 4.76. The molecular weight excluding hydrogens is 102 g/mol. The molecule has 0 atom stereocenters. The quantitative estimate of drug-likeness (QED) is 0.438. The van der Waals surface area contributed by atoms with Crippen LogP contribution in [0.2, 0.25) is 0 Å². The van der Waals surface area contributed by atoms with Crippen molar-refractivity contribution in [1.29, 1.82) is 5.26 Å². The molecule has 1 fully saturated rings. The molecule has 0 N–H and O–H groups in total. The third-order valence-corrected chi connectivity index (χ3v) is 0.669. The van der Waals surface area contributed by atoms with Gasteiger partial charge in [0, 0.05) is 19.3 Å². The molecule has 2 heteroatoms. The molecule has 8 heavy (non-hydrogen) atoms. The van der Waals surface area contributed by atoms with Crippen molar-refractivity contribution in [1.82, 2.24) is 0 Å². The third-order valence-electron chi connectivity index (χ3n) is 0.669. The number of nitrogens with zero attached hydrogens (tertiary/aromatic N) is 1. The Morgan fingerprint density at radius 1 is 1.62 bits per heavy atom. The number of nitriles is 1. The lowest BCUT2D eigenvalue weighted by atomic mass is 10.4. The monoisotopic (exact) mass is 111 g/mol. The van der Waals surface area contributed by atoms with E-state index >= 15 is 0 Å². The van der Waals surface area contributed by atoms with Gasteiger partial charge in [0.05, 0.1) is 6.07 Å². The summed E-state index contributed by atoms with van der Waals surface area (Å²) in [4.78, 5) is 0. The van der Waals surface area contributed by atoms with Gasteiger partial charge in [-0.1, -0.05) is 6.58 Å². The Balaban J connectivity index is 0.000000122. The summed E-state index contributed by atoms with van der Waals surface area (Å²) in [6, 6.07) is 1.69. The van der Waals surface area contributed by atoms with Gasteiger partial charge in [-0.2, -0.15) is 5.26 Å². The molecular formula is C6H9NO. The van der Waals surface area contributed by atoms with Gasteiger partial charge in [0.1, 0.15) is 0 Å². The molecule has 1 aliphatic heterocycles. The molecule has 0 aromatic carbocycles. The average molecular weight is 111 g/mol. The van der Waals surface area contributed by atoms with Crippen molar-refractivity contribution in [2.75, 3.05) is 13.2 Å². The van der Waals surface area contributed by atoms with Gasteiger partial charge in [-0.25, -0.2) is 0 Å². The maximum Gasteiger partial charge on any atom is 0.0905 e. The lowest BCUT2D eigenvalue weighted by Crippen LogP contribution is -2.09. The predicted octanol–water partition coefficient (Wildman–Crippen LogP) is 1.10. The van der Waals surface area contributed by atoms with Gasteiger partial charge >= 0.3 is 0 Å². The minimum Gasteiger partial charge on any atom is -0.381 e. The zero-order valence-corrected chi connectivity index (χ0v) is 4.76. The highest BCUT2D eigenvalue weighted by molar-refractivity contribution is 4.93. The molecule has 0 amide bonds. The van der Waals surface area contributed by atoms with Crippen LogP contribution in [0, 0.1) is 11.3 Å². The van der Waals surface area contributed by atoms with Gasteiger partial charge < -0.3 is 4.74 Å². The number of allylic oxidation sites excluding steroid dienone is 1. The van der Waals surface area contributed by atoms with E-state index in [2.05, 4.69) is 6.58 Å². The van der Waals surface area contributed by atoms with E-state index in [9.17, 15) is 0 Å². The van der Waals surface area contributed by atoms with E-state index < -0.39 is 0 Å². The summed E-state index contributed by atoms with van der Waals surface area (Å²) in [5.74, 6) is 0. The number of ether oxygens (including phenoxy) is 1. The Morgan fingerprint density at radius 2 is 1.88 bits per heavy atom. The summed E-state index contributed by atoms with van der Waals surface area (Å²) in [6.07, 6.45) is 2.46. The van der Waals surface area contributed by atoms with Crippen molar-refractivity contribution < 1.29 is 4.74 Å². The van der Waals surface area contributed by atoms with Gasteiger partial charge in [-0.15, -0.1) is 0 Å². The smallest absolute Gasteiger partial charge is 0.0905 e. The largest absolute Gasteiger partial charge is 0.381 e. The zero-order chi connectivity index (χ0) is 6.24. The minimum absolute atomic E-state index is 1.00. The molecule has 44 valence electrons. The Hall–Kier alpha value is -0.810. The molecule has 2 nitrogen and oxygen atoms in total. The summed E-state index contributed by atoms with van der Waals surface area (Å²) >= 11 is 0. The molecule has 0 aromatic rings. The van der Waals surface area contributed by atoms with E-state index in [1.807, 2.05) is 0 Å². The maximum absolute atomic E-state index is 7.51. The van der Waals surface area contributed by atoms with Gasteiger partial charge in [-0.3, -0.25) is 0 Å². The van der Waals surface area contributed by atoms with E-state index in [4.69, 9.17) is 10.00 Å². The van der Waals surface area contributed by atoms with E-state index in [0.29, 0.717) is 0 Å². The van der Waals surface area contributed by atoms with Crippen molar-refractivity contribution in [3.63, 3.8) is 0 Å². The van der Waals surface area contributed by atoms with Gasteiger partial charge in [-0.05, 0) is 6.42 Å². The predicted molar refractivity (Wildman–Crippen MR) is 31.2 cm³/mol. The Bertz CT molecular complexity index is 85.2. The first-order valence-electron chi connectivity index (χ1n) is 2.50. The van der Waals surface area contributed by atoms with Crippen LogP contribution in [0.25, 0.3) is 0 Å². The molecule has 1 heterocycles. The summed E-state index contributed by atoms with van der Waals surface area (Å²) in [6.45, 7) is 5.12.